The molecule has 5 heteroatoms. The predicted octanol–water partition coefficient (Wildman–Crippen LogP) is 3.34. The molecule has 1 N–H and O–H groups in total. The maximum atomic E-state index is 11.7. The van der Waals surface area contributed by atoms with E-state index in [1.165, 1.54) is 4.90 Å². The van der Waals surface area contributed by atoms with Crippen LogP contribution in [0.15, 0.2) is 30.3 Å². The Hall–Kier alpha value is -1.59. The van der Waals surface area contributed by atoms with Gasteiger partial charge in [0.1, 0.15) is 11.7 Å². The normalized spacial score (nSPS) is 28.7. The van der Waals surface area contributed by atoms with Gasteiger partial charge in [-0.2, -0.15) is 0 Å². The number of hydrogen-bond acceptors (Lipinski definition) is 3. The molecule has 0 aliphatic carbocycles. The van der Waals surface area contributed by atoms with Crippen molar-refractivity contribution in [1.82, 2.24) is 4.90 Å². The Morgan fingerprint density at radius 1 is 1.26 bits per heavy atom. The third kappa shape index (κ3) is 3.08. The number of carbonyl (C=O) groups is 1. The molecule has 1 amide bonds. The molecule has 0 aromatic heterocycles. The molecule has 1 aromatic carbocycles. The minimum absolute atomic E-state index is 0.280. The number of benzene rings is 1. The molecule has 0 bridgehead atoms. The lowest BCUT2D eigenvalue weighted by Gasteiger charge is -2.54. The van der Waals surface area contributed by atoms with Crippen molar-refractivity contribution in [2.45, 2.75) is 44.9 Å². The van der Waals surface area contributed by atoms with Crippen LogP contribution in [0, 0.1) is 5.41 Å². The van der Waals surface area contributed by atoms with Crippen LogP contribution in [0.4, 0.5) is 4.79 Å². The fraction of sp³-hybridized carbons (Fsp3) is 0.611. The Balaban J connectivity index is 2.56. The van der Waals surface area contributed by atoms with Gasteiger partial charge in [0.2, 0.25) is 0 Å². The van der Waals surface area contributed by atoms with Crippen LogP contribution in [0.25, 0.3) is 0 Å². The molecule has 0 saturated carbocycles. The van der Waals surface area contributed by atoms with E-state index in [0.29, 0.717) is 13.0 Å². The summed E-state index contributed by atoms with van der Waals surface area (Å²) in [4.78, 5) is 13.2. The molecule has 0 spiro atoms. The van der Waals surface area contributed by atoms with E-state index in [-0.39, 0.29) is 17.6 Å². The van der Waals surface area contributed by atoms with Gasteiger partial charge in [0.25, 0.3) is 0 Å². The highest BCUT2D eigenvalue weighted by Crippen LogP contribution is 2.45. The zero-order valence-corrected chi connectivity index (χ0v) is 14.6. The highest BCUT2D eigenvalue weighted by atomic mass is 16.5. The molecule has 1 fully saturated rings. The third-order valence-corrected chi connectivity index (χ3v) is 4.82. The van der Waals surface area contributed by atoms with E-state index in [4.69, 9.17) is 9.47 Å². The third-order valence-electron chi connectivity index (χ3n) is 4.82. The predicted molar refractivity (Wildman–Crippen MR) is 88.5 cm³/mol. The van der Waals surface area contributed by atoms with Crippen molar-refractivity contribution in [1.29, 1.82) is 0 Å². The first-order valence-corrected chi connectivity index (χ1v) is 7.91. The Bertz CT molecular complexity index is 540. The second kappa shape index (κ2) is 6.49. The van der Waals surface area contributed by atoms with Gasteiger partial charge in [-0.1, -0.05) is 51.1 Å². The van der Waals surface area contributed by atoms with Crippen molar-refractivity contribution >= 4 is 6.09 Å². The van der Waals surface area contributed by atoms with Crippen LogP contribution in [0.2, 0.25) is 0 Å². The first-order valence-electron chi connectivity index (χ1n) is 7.91. The molecule has 128 valence electrons. The summed E-state index contributed by atoms with van der Waals surface area (Å²) < 4.78 is 11.8. The van der Waals surface area contributed by atoms with Crippen molar-refractivity contribution in [3.05, 3.63) is 35.9 Å². The number of amides is 1. The van der Waals surface area contributed by atoms with Gasteiger partial charge in [-0.3, -0.25) is 0 Å². The van der Waals surface area contributed by atoms with E-state index in [1.807, 2.05) is 51.1 Å². The number of rotatable bonds is 3. The van der Waals surface area contributed by atoms with Crippen LogP contribution in [-0.4, -0.2) is 49.0 Å². The van der Waals surface area contributed by atoms with Crippen LogP contribution in [-0.2, 0) is 15.1 Å². The number of nitrogens with zero attached hydrogens (tertiary/aromatic N) is 1. The molecular formula is C18H27NO4. The molecular weight excluding hydrogens is 294 g/mol. The minimum Gasteiger partial charge on any atom is -0.465 e. The summed E-state index contributed by atoms with van der Waals surface area (Å²) in [6.07, 6.45) is -0.741. The van der Waals surface area contributed by atoms with Crippen molar-refractivity contribution in [2.24, 2.45) is 5.41 Å². The van der Waals surface area contributed by atoms with Gasteiger partial charge in [-0.25, -0.2) is 4.79 Å². The smallest absolute Gasteiger partial charge is 0.407 e. The summed E-state index contributed by atoms with van der Waals surface area (Å²) in [7, 11) is 3.31. The number of ether oxygens (including phenoxy) is 2. The first kappa shape index (κ1) is 17.8. The summed E-state index contributed by atoms with van der Waals surface area (Å²) in [5.41, 5.74) is 0.0893. The first-order chi connectivity index (χ1) is 10.8. The Kier molecular flexibility index (Phi) is 5.01. The fourth-order valence-corrected chi connectivity index (χ4v) is 3.81. The van der Waals surface area contributed by atoms with Gasteiger partial charge >= 0.3 is 6.09 Å². The van der Waals surface area contributed by atoms with Crippen LogP contribution in [0.5, 0.6) is 0 Å². The van der Waals surface area contributed by atoms with Gasteiger partial charge in [-0.15, -0.1) is 0 Å². The number of piperidine rings is 1. The molecule has 1 aromatic rings. The fourth-order valence-electron chi connectivity index (χ4n) is 3.81. The summed E-state index contributed by atoms with van der Waals surface area (Å²) in [6, 6.07) is 9.63. The maximum Gasteiger partial charge on any atom is 0.407 e. The Morgan fingerprint density at radius 2 is 1.87 bits per heavy atom. The lowest BCUT2D eigenvalue weighted by Crippen LogP contribution is -2.66. The van der Waals surface area contributed by atoms with Gasteiger partial charge in [0.05, 0.1) is 6.04 Å². The topological polar surface area (TPSA) is 59.0 Å². The lowest BCUT2D eigenvalue weighted by molar-refractivity contribution is -0.192. The van der Waals surface area contributed by atoms with E-state index >= 15 is 0 Å². The molecule has 1 unspecified atom stereocenters. The second-order valence-corrected chi connectivity index (χ2v) is 7.15. The molecule has 1 heterocycles. The number of methoxy groups -OCH3 is 2. The molecule has 23 heavy (non-hydrogen) atoms. The Labute approximate surface area is 138 Å². The van der Waals surface area contributed by atoms with Crippen molar-refractivity contribution in [2.75, 3.05) is 20.8 Å². The summed E-state index contributed by atoms with van der Waals surface area (Å²) >= 11 is 0. The summed E-state index contributed by atoms with van der Waals surface area (Å²) in [5.74, 6) is 0. The van der Waals surface area contributed by atoms with Crippen LogP contribution in [0.3, 0.4) is 0 Å². The van der Waals surface area contributed by atoms with Gasteiger partial charge in [0, 0.05) is 27.2 Å². The van der Waals surface area contributed by atoms with Crippen LogP contribution < -0.4 is 0 Å². The molecule has 0 radical (unpaired) electrons. The van der Waals surface area contributed by atoms with Gasteiger partial charge in [-0.05, 0) is 11.0 Å². The Morgan fingerprint density at radius 3 is 2.30 bits per heavy atom. The van der Waals surface area contributed by atoms with Crippen LogP contribution in [0.1, 0.15) is 32.8 Å². The molecule has 2 rings (SSSR count). The second-order valence-electron chi connectivity index (χ2n) is 7.15. The zero-order valence-electron chi connectivity index (χ0n) is 14.6. The minimum atomic E-state index is -0.912. The van der Waals surface area contributed by atoms with Crippen LogP contribution >= 0.6 is 0 Å². The quantitative estimate of drug-likeness (QED) is 0.927. The number of likely N-dealkylation sites (tertiary alicyclic amines) is 1. The average molecular weight is 321 g/mol. The average Bonchev–Trinajstić information content (AvgIpc) is 2.53. The standard InChI is InChI=1S/C18H27NO4/c1-17(2,3)14-15(22-4)18(23-5,11-12-19(14)16(20)21)13-9-7-6-8-10-13/h6-10,14-15H,11-12H2,1-5H3,(H,20,21)/t14?,15-,18-/m0/s1. The van der Waals surface area contributed by atoms with E-state index in [2.05, 4.69) is 0 Å². The van der Waals surface area contributed by atoms with Gasteiger partial charge in [0.15, 0.2) is 0 Å². The lowest BCUT2D eigenvalue weighted by atomic mass is 9.70. The highest BCUT2D eigenvalue weighted by Gasteiger charge is 2.55. The molecule has 5 nitrogen and oxygen atoms in total. The number of carboxylic acid groups (broad SMARTS) is 1. The SMILES string of the molecule is CO[C@H]1C(C(C)(C)C)N(C(=O)O)CC[C@]1(OC)c1ccccc1. The summed E-state index contributed by atoms with van der Waals surface area (Å²) in [5, 5.41) is 9.63. The van der Waals surface area contributed by atoms with E-state index in [9.17, 15) is 9.90 Å². The zero-order chi connectivity index (χ0) is 17.3. The van der Waals surface area contributed by atoms with Crippen molar-refractivity contribution < 1.29 is 19.4 Å². The molecule has 1 aliphatic heterocycles. The largest absolute Gasteiger partial charge is 0.465 e. The highest BCUT2D eigenvalue weighted by molar-refractivity contribution is 5.66. The molecule has 3 atom stereocenters. The number of hydrogen-bond donors (Lipinski definition) is 1. The van der Waals surface area contributed by atoms with Crippen molar-refractivity contribution in [3.8, 4) is 0 Å². The summed E-state index contributed by atoms with van der Waals surface area (Å²) in [6.45, 7) is 6.53. The molecule has 1 saturated heterocycles. The maximum absolute atomic E-state index is 11.7. The molecule has 1 aliphatic rings. The van der Waals surface area contributed by atoms with Gasteiger partial charge < -0.3 is 19.5 Å². The van der Waals surface area contributed by atoms with E-state index in [1.54, 1.807) is 14.2 Å². The monoisotopic (exact) mass is 321 g/mol. The van der Waals surface area contributed by atoms with Crippen molar-refractivity contribution in [3.63, 3.8) is 0 Å². The van der Waals surface area contributed by atoms with E-state index in [0.717, 1.165) is 5.56 Å². The van der Waals surface area contributed by atoms with E-state index < -0.39 is 11.7 Å².